The molecule has 2 aromatic heterocycles. The van der Waals surface area contributed by atoms with Crippen molar-refractivity contribution in [1.29, 1.82) is 0 Å². The first-order valence-corrected chi connectivity index (χ1v) is 11.1. The summed E-state index contributed by atoms with van der Waals surface area (Å²) < 4.78 is 35.3. The average Bonchev–Trinajstić information content (AvgIpc) is 3.18. The van der Waals surface area contributed by atoms with Crippen molar-refractivity contribution in [3.05, 3.63) is 119 Å². The molecule has 0 atom stereocenters. The van der Waals surface area contributed by atoms with Crippen molar-refractivity contribution in [2.24, 2.45) is 0 Å². The topological polar surface area (TPSA) is 56.5 Å². The fourth-order valence-electron chi connectivity index (χ4n) is 4.00. The van der Waals surface area contributed by atoms with Crippen LogP contribution < -0.4 is 4.74 Å². The second kappa shape index (κ2) is 9.46. The number of rotatable bonds is 6. The van der Waals surface area contributed by atoms with E-state index in [0.29, 0.717) is 41.1 Å². The molecule has 0 aliphatic carbocycles. The predicted molar refractivity (Wildman–Crippen MR) is 128 cm³/mol. The van der Waals surface area contributed by atoms with Gasteiger partial charge in [0.25, 0.3) is 0 Å². The summed E-state index contributed by atoms with van der Waals surface area (Å²) in [5, 5.41) is 0. The summed E-state index contributed by atoms with van der Waals surface area (Å²) in [7, 11) is 0. The van der Waals surface area contributed by atoms with Gasteiger partial charge in [-0.2, -0.15) is 0 Å². The maximum Gasteiger partial charge on any atom is 0.309 e. The van der Waals surface area contributed by atoms with Gasteiger partial charge in [-0.05, 0) is 35.4 Å². The molecule has 0 amide bonds. The van der Waals surface area contributed by atoms with Crippen LogP contribution in [0.4, 0.5) is 8.78 Å². The molecule has 5 nitrogen and oxygen atoms in total. The van der Waals surface area contributed by atoms with Gasteiger partial charge in [0.1, 0.15) is 17.3 Å². The summed E-state index contributed by atoms with van der Waals surface area (Å²) in [5.41, 5.74) is 4.12. The van der Waals surface area contributed by atoms with Gasteiger partial charge >= 0.3 is 5.97 Å². The smallest absolute Gasteiger partial charge is 0.309 e. The van der Waals surface area contributed by atoms with Crippen LogP contribution in [-0.4, -0.2) is 20.3 Å². The Morgan fingerprint density at radius 2 is 1.49 bits per heavy atom. The Kier molecular flexibility index (Phi) is 6.06. The molecule has 0 radical (unpaired) electrons. The summed E-state index contributed by atoms with van der Waals surface area (Å²) >= 11 is 0. The number of hydrogen-bond acceptors (Lipinski definition) is 4. The number of ether oxygens (including phenoxy) is 1. The Labute approximate surface area is 200 Å². The number of halogens is 2. The van der Waals surface area contributed by atoms with E-state index >= 15 is 0 Å². The molecule has 174 valence electrons. The summed E-state index contributed by atoms with van der Waals surface area (Å²) in [6.45, 7) is 1.31. The van der Waals surface area contributed by atoms with Crippen LogP contribution in [0.5, 0.6) is 5.88 Å². The highest BCUT2D eigenvalue weighted by Crippen LogP contribution is 2.30. The van der Waals surface area contributed by atoms with Gasteiger partial charge in [0.05, 0.1) is 11.4 Å². The highest BCUT2D eigenvalue weighted by atomic mass is 19.1. The van der Waals surface area contributed by atoms with Gasteiger partial charge < -0.3 is 4.74 Å². The number of carbonyl (C=O) groups excluding carboxylic acids is 1. The number of aromatic nitrogens is 3. The molecular weight excluding hydrogens is 448 g/mol. The molecule has 0 unspecified atom stereocenters. The van der Waals surface area contributed by atoms with Crippen LogP contribution >= 0.6 is 0 Å². The minimum atomic E-state index is -0.513. The predicted octanol–water partition coefficient (Wildman–Crippen LogP) is 5.78. The van der Waals surface area contributed by atoms with Gasteiger partial charge in [0.15, 0.2) is 5.65 Å². The number of fused-ring (bicyclic) bond motifs is 1. The van der Waals surface area contributed by atoms with E-state index in [0.717, 1.165) is 11.1 Å². The summed E-state index contributed by atoms with van der Waals surface area (Å²) in [5.74, 6) is -1.04. The molecule has 35 heavy (non-hydrogen) atoms. The van der Waals surface area contributed by atoms with E-state index in [1.807, 2.05) is 30.3 Å². The Morgan fingerprint density at radius 3 is 2.20 bits per heavy atom. The van der Waals surface area contributed by atoms with Crippen LogP contribution in [0.3, 0.4) is 0 Å². The Hall–Kier alpha value is -4.39. The molecule has 0 aliphatic heterocycles. The standard InChI is InChI=1S/C28H21F2N3O2/c1-18(34)35-28-25(16-20-11-13-21(29)14-12-20)32-27-24(15-19-7-3-2-4-8-19)31-26(17-33(27)28)22-9-5-6-10-23(22)30/h2-14,17H,15-16H2,1H3. The molecule has 3 aromatic carbocycles. The van der Waals surface area contributed by atoms with Crippen molar-refractivity contribution in [1.82, 2.24) is 14.4 Å². The second-order valence-corrected chi connectivity index (χ2v) is 8.17. The first-order valence-electron chi connectivity index (χ1n) is 11.1. The first kappa shape index (κ1) is 22.4. The number of nitrogens with zero attached hydrogens (tertiary/aromatic N) is 3. The molecule has 2 heterocycles. The number of imidazole rings is 1. The lowest BCUT2D eigenvalue weighted by Crippen LogP contribution is -2.07. The van der Waals surface area contributed by atoms with Crippen molar-refractivity contribution in [2.75, 3.05) is 0 Å². The van der Waals surface area contributed by atoms with E-state index in [2.05, 4.69) is 0 Å². The maximum atomic E-state index is 14.7. The third-order valence-electron chi connectivity index (χ3n) is 5.59. The van der Waals surface area contributed by atoms with Gasteiger partial charge in [0.2, 0.25) is 5.88 Å². The second-order valence-electron chi connectivity index (χ2n) is 8.17. The SMILES string of the molecule is CC(=O)Oc1c(Cc2ccc(F)cc2)nc2c(Cc3ccccc3)nc(-c3ccccc3F)cn12. The van der Waals surface area contributed by atoms with E-state index in [1.165, 1.54) is 25.1 Å². The zero-order valence-electron chi connectivity index (χ0n) is 18.9. The molecule has 5 aromatic rings. The molecule has 0 saturated heterocycles. The maximum absolute atomic E-state index is 14.7. The number of esters is 1. The monoisotopic (exact) mass is 469 g/mol. The van der Waals surface area contributed by atoms with Crippen molar-refractivity contribution >= 4 is 11.6 Å². The fourth-order valence-corrected chi connectivity index (χ4v) is 4.00. The van der Waals surface area contributed by atoms with E-state index in [1.54, 1.807) is 40.9 Å². The minimum Gasteiger partial charge on any atom is -0.407 e. The van der Waals surface area contributed by atoms with Gasteiger partial charge in [-0.3, -0.25) is 9.20 Å². The highest BCUT2D eigenvalue weighted by molar-refractivity contribution is 5.71. The number of benzene rings is 3. The van der Waals surface area contributed by atoms with Crippen LogP contribution in [0.2, 0.25) is 0 Å². The number of carbonyl (C=O) groups is 1. The molecule has 0 aliphatic rings. The first-order chi connectivity index (χ1) is 17.0. The molecule has 0 spiro atoms. The zero-order valence-corrected chi connectivity index (χ0v) is 18.9. The molecule has 5 rings (SSSR count). The Morgan fingerprint density at radius 1 is 0.829 bits per heavy atom. The third kappa shape index (κ3) is 4.80. The van der Waals surface area contributed by atoms with Crippen molar-refractivity contribution in [3.63, 3.8) is 0 Å². The van der Waals surface area contributed by atoms with Gasteiger partial charge in [-0.25, -0.2) is 18.7 Å². The summed E-state index contributed by atoms with van der Waals surface area (Å²) in [6.07, 6.45) is 2.38. The molecule has 0 bridgehead atoms. The van der Waals surface area contributed by atoms with Crippen LogP contribution in [0.15, 0.2) is 85.1 Å². The van der Waals surface area contributed by atoms with E-state index in [4.69, 9.17) is 14.7 Å². The molecule has 0 N–H and O–H groups in total. The lowest BCUT2D eigenvalue weighted by molar-refractivity contribution is -0.132. The van der Waals surface area contributed by atoms with Crippen LogP contribution in [0, 0.1) is 11.6 Å². The largest absolute Gasteiger partial charge is 0.407 e. The molecular formula is C28H21F2N3O2. The van der Waals surface area contributed by atoms with Crippen molar-refractivity contribution in [2.45, 2.75) is 19.8 Å². The lowest BCUT2D eigenvalue weighted by atomic mass is 10.1. The van der Waals surface area contributed by atoms with Crippen LogP contribution in [0.25, 0.3) is 16.9 Å². The van der Waals surface area contributed by atoms with Gasteiger partial charge in [0, 0.05) is 31.5 Å². The zero-order chi connectivity index (χ0) is 24.4. The summed E-state index contributed by atoms with van der Waals surface area (Å²) in [4.78, 5) is 21.5. The van der Waals surface area contributed by atoms with E-state index < -0.39 is 11.8 Å². The van der Waals surface area contributed by atoms with Crippen molar-refractivity contribution in [3.8, 4) is 17.1 Å². The minimum absolute atomic E-state index is 0.228. The number of hydrogen-bond donors (Lipinski definition) is 0. The molecule has 7 heteroatoms. The Balaban J connectivity index is 1.72. The fraction of sp³-hybridized carbons (Fsp3) is 0.107. The average molecular weight is 469 g/mol. The van der Waals surface area contributed by atoms with Crippen LogP contribution in [-0.2, 0) is 17.6 Å². The normalized spacial score (nSPS) is 11.1. The molecule has 0 fully saturated rings. The van der Waals surface area contributed by atoms with E-state index in [-0.39, 0.29) is 11.7 Å². The van der Waals surface area contributed by atoms with Gasteiger partial charge in [-0.15, -0.1) is 0 Å². The lowest BCUT2D eigenvalue weighted by Gasteiger charge is -2.10. The Bertz CT molecular complexity index is 1510. The highest BCUT2D eigenvalue weighted by Gasteiger charge is 2.21. The quantitative estimate of drug-likeness (QED) is 0.296. The van der Waals surface area contributed by atoms with Crippen molar-refractivity contribution < 1.29 is 18.3 Å². The van der Waals surface area contributed by atoms with Gasteiger partial charge in [-0.1, -0.05) is 54.6 Å². The molecule has 0 saturated carbocycles. The van der Waals surface area contributed by atoms with Crippen LogP contribution in [0.1, 0.15) is 29.4 Å². The third-order valence-corrected chi connectivity index (χ3v) is 5.59. The van der Waals surface area contributed by atoms with E-state index in [9.17, 15) is 13.6 Å². The summed E-state index contributed by atoms with van der Waals surface area (Å²) in [6, 6.07) is 22.2.